The van der Waals surface area contributed by atoms with Crippen LogP contribution in [0, 0.1) is 5.92 Å². The molecule has 3 fully saturated rings. The van der Waals surface area contributed by atoms with Crippen molar-refractivity contribution < 1.29 is 18.9 Å². The van der Waals surface area contributed by atoms with E-state index in [2.05, 4.69) is 17.0 Å². The Morgan fingerprint density at radius 2 is 2.00 bits per heavy atom. The lowest BCUT2D eigenvalue weighted by molar-refractivity contribution is -0.199. The SMILES string of the molecule is c1cc2c(cc1CN1CC3(CC(OCC4CC4)CCO3)C1)OCO2. The maximum atomic E-state index is 6.13. The molecule has 5 rings (SSSR count). The van der Waals surface area contributed by atoms with Gasteiger partial charge in [-0.3, -0.25) is 4.90 Å². The van der Waals surface area contributed by atoms with Crippen LogP contribution in [0.25, 0.3) is 0 Å². The van der Waals surface area contributed by atoms with Crippen molar-refractivity contribution in [3.05, 3.63) is 23.8 Å². The van der Waals surface area contributed by atoms with Crippen LogP contribution in [0.15, 0.2) is 18.2 Å². The molecule has 24 heavy (non-hydrogen) atoms. The summed E-state index contributed by atoms with van der Waals surface area (Å²) in [6, 6.07) is 6.23. The molecule has 0 N–H and O–H groups in total. The molecule has 0 amide bonds. The summed E-state index contributed by atoms with van der Waals surface area (Å²) < 4.78 is 23.1. The Morgan fingerprint density at radius 1 is 1.12 bits per heavy atom. The first kappa shape index (κ1) is 15.0. The fraction of sp³-hybridized carbons (Fsp3) is 0.684. The molecule has 2 saturated heterocycles. The lowest BCUT2D eigenvalue weighted by Gasteiger charge is -2.53. The normalized spacial score (nSPS) is 28.1. The molecule has 0 bridgehead atoms. The van der Waals surface area contributed by atoms with Crippen LogP contribution < -0.4 is 9.47 Å². The van der Waals surface area contributed by atoms with E-state index < -0.39 is 0 Å². The second kappa shape index (κ2) is 5.90. The second-order valence-corrected chi connectivity index (χ2v) is 7.76. The van der Waals surface area contributed by atoms with Gasteiger partial charge >= 0.3 is 0 Å². The van der Waals surface area contributed by atoms with Crippen LogP contribution in [0.4, 0.5) is 0 Å². The zero-order valence-corrected chi connectivity index (χ0v) is 14.0. The van der Waals surface area contributed by atoms with Crippen LogP contribution in [0.1, 0.15) is 31.2 Å². The number of likely N-dealkylation sites (tertiary alicyclic amines) is 1. The molecule has 5 nitrogen and oxygen atoms in total. The largest absolute Gasteiger partial charge is 0.454 e. The number of nitrogens with zero attached hydrogens (tertiary/aromatic N) is 1. The summed E-state index contributed by atoms with van der Waals surface area (Å²) >= 11 is 0. The fourth-order valence-electron chi connectivity index (χ4n) is 4.08. The summed E-state index contributed by atoms with van der Waals surface area (Å²) in [4.78, 5) is 2.45. The molecule has 130 valence electrons. The molecule has 4 aliphatic rings. The van der Waals surface area contributed by atoms with Crippen molar-refractivity contribution in [2.45, 2.75) is 43.9 Å². The molecule has 0 aromatic heterocycles. The summed E-state index contributed by atoms with van der Waals surface area (Å²) in [6.07, 6.45) is 5.22. The predicted octanol–water partition coefficient (Wildman–Crippen LogP) is 2.58. The van der Waals surface area contributed by atoms with E-state index in [9.17, 15) is 0 Å². The first-order valence-electron chi connectivity index (χ1n) is 9.14. The van der Waals surface area contributed by atoms with Gasteiger partial charge in [0.15, 0.2) is 11.5 Å². The van der Waals surface area contributed by atoms with Crippen molar-refractivity contribution in [2.24, 2.45) is 5.92 Å². The monoisotopic (exact) mass is 331 g/mol. The summed E-state index contributed by atoms with van der Waals surface area (Å²) in [5.74, 6) is 2.56. The second-order valence-electron chi connectivity index (χ2n) is 7.76. The highest BCUT2D eigenvalue weighted by Crippen LogP contribution is 2.38. The van der Waals surface area contributed by atoms with Gasteiger partial charge in [0.1, 0.15) is 0 Å². The Morgan fingerprint density at radius 3 is 2.88 bits per heavy atom. The number of hydrogen-bond acceptors (Lipinski definition) is 5. The first-order chi connectivity index (χ1) is 11.8. The van der Waals surface area contributed by atoms with Crippen molar-refractivity contribution in [3.63, 3.8) is 0 Å². The minimum Gasteiger partial charge on any atom is -0.454 e. The van der Waals surface area contributed by atoms with Gasteiger partial charge in [0.25, 0.3) is 0 Å². The van der Waals surface area contributed by atoms with E-state index in [1.165, 1.54) is 18.4 Å². The number of fused-ring (bicyclic) bond motifs is 1. The van der Waals surface area contributed by atoms with E-state index in [-0.39, 0.29) is 5.60 Å². The third-order valence-corrected chi connectivity index (χ3v) is 5.58. The van der Waals surface area contributed by atoms with Gasteiger partial charge in [-0.2, -0.15) is 0 Å². The lowest BCUT2D eigenvalue weighted by atomic mass is 9.84. The molecule has 1 saturated carbocycles. The summed E-state index contributed by atoms with van der Waals surface area (Å²) in [7, 11) is 0. The van der Waals surface area contributed by atoms with E-state index in [4.69, 9.17) is 18.9 Å². The average Bonchev–Trinajstić information content (AvgIpc) is 3.28. The molecule has 1 spiro atoms. The molecule has 5 heteroatoms. The average molecular weight is 331 g/mol. The Labute approximate surface area is 142 Å². The standard InChI is InChI=1S/C19H25NO4/c1-2-14(1)10-21-16-5-6-24-19(8-16)11-20(12-19)9-15-3-4-17-18(7-15)23-13-22-17/h3-4,7,14,16H,1-2,5-6,8-13H2. The molecule has 1 aromatic rings. The summed E-state index contributed by atoms with van der Waals surface area (Å²) in [5, 5.41) is 0. The number of hydrogen-bond donors (Lipinski definition) is 0. The minimum atomic E-state index is 0.0306. The summed E-state index contributed by atoms with van der Waals surface area (Å²) in [5.41, 5.74) is 1.30. The van der Waals surface area contributed by atoms with Crippen LogP contribution >= 0.6 is 0 Å². The molecular formula is C19H25NO4. The van der Waals surface area contributed by atoms with E-state index >= 15 is 0 Å². The summed E-state index contributed by atoms with van der Waals surface area (Å²) in [6.45, 7) is 5.08. The van der Waals surface area contributed by atoms with E-state index in [1.54, 1.807) is 0 Å². The lowest BCUT2D eigenvalue weighted by Crippen LogP contribution is -2.65. The van der Waals surface area contributed by atoms with Crippen molar-refractivity contribution in [3.8, 4) is 11.5 Å². The maximum Gasteiger partial charge on any atom is 0.231 e. The Kier molecular flexibility index (Phi) is 3.69. The molecule has 1 aliphatic carbocycles. The topological polar surface area (TPSA) is 40.2 Å². The van der Waals surface area contributed by atoms with Crippen LogP contribution in [0.3, 0.4) is 0 Å². The molecule has 3 heterocycles. The third-order valence-electron chi connectivity index (χ3n) is 5.58. The van der Waals surface area contributed by atoms with E-state index in [1.807, 2.05) is 6.07 Å². The highest BCUT2D eigenvalue weighted by atomic mass is 16.7. The smallest absolute Gasteiger partial charge is 0.231 e. The number of benzene rings is 1. The van der Waals surface area contributed by atoms with Gasteiger partial charge in [0, 0.05) is 39.3 Å². The minimum absolute atomic E-state index is 0.0306. The van der Waals surface area contributed by atoms with Gasteiger partial charge in [-0.1, -0.05) is 6.07 Å². The van der Waals surface area contributed by atoms with Crippen molar-refractivity contribution in [1.82, 2.24) is 4.90 Å². The Balaban J connectivity index is 1.14. The van der Waals surface area contributed by atoms with E-state index in [0.717, 1.165) is 63.1 Å². The molecular weight excluding hydrogens is 306 g/mol. The van der Waals surface area contributed by atoms with Crippen molar-refractivity contribution in [1.29, 1.82) is 0 Å². The van der Waals surface area contributed by atoms with Gasteiger partial charge in [-0.15, -0.1) is 0 Å². The van der Waals surface area contributed by atoms with Crippen LogP contribution in [-0.2, 0) is 16.0 Å². The van der Waals surface area contributed by atoms with Crippen LogP contribution in [-0.4, -0.2) is 49.7 Å². The number of rotatable bonds is 5. The highest BCUT2D eigenvalue weighted by molar-refractivity contribution is 5.44. The predicted molar refractivity (Wildman–Crippen MR) is 88.2 cm³/mol. The molecule has 1 atom stereocenters. The fourth-order valence-corrected chi connectivity index (χ4v) is 4.08. The van der Waals surface area contributed by atoms with Crippen LogP contribution in [0.5, 0.6) is 11.5 Å². The van der Waals surface area contributed by atoms with Crippen molar-refractivity contribution >= 4 is 0 Å². The Hall–Kier alpha value is -1.30. The number of ether oxygens (including phenoxy) is 4. The van der Waals surface area contributed by atoms with Crippen molar-refractivity contribution in [2.75, 3.05) is 33.1 Å². The molecule has 0 radical (unpaired) electrons. The van der Waals surface area contributed by atoms with Crippen LogP contribution in [0.2, 0.25) is 0 Å². The zero-order valence-electron chi connectivity index (χ0n) is 14.0. The molecule has 1 unspecified atom stereocenters. The van der Waals surface area contributed by atoms with Gasteiger partial charge < -0.3 is 18.9 Å². The van der Waals surface area contributed by atoms with Gasteiger partial charge in [-0.25, -0.2) is 0 Å². The van der Waals surface area contributed by atoms with Gasteiger partial charge in [0.05, 0.1) is 11.7 Å². The molecule has 3 aliphatic heterocycles. The first-order valence-corrected chi connectivity index (χ1v) is 9.14. The zero-order chi connectivity index (χ0) is 16.0. The van der Waals surface area contributed by atoms with Gasteiger partial charge in [-0.05, 0) is 42.9 Å². The maximum absolute atomic E-state index is 6.13. The third kappa shape index (κ3) is 3.01. The quantitative estimate of drug-likeness (QED) is 0.829. The highest BCUT2D eigenvalue weighted by Gasteiger charge is 2.47. The van der Waals surface area contributed by atoms with E-state index in [0.29, 0.717) is 12.9 Å². The molecule has 1 aromatic carbocycles. The van der Waals surface area contributed by atoms with Gasteiger partial charge in [0.2, 0.25) is 6.79 Å². The Bertz CT molecular complexity index is 609.